The smallest absolute Gasteiger partial charge is 0.330 e. The van der Waals surface area contributed by atoms with Crippen LogP contribution in [0.3, 0.4) is 0 Å². The Morgan fingerprint density at radius 3 is 2.29 bits per heavy atom. The molecule has 0 aromatic carbocycles. The predicted octanol–water partition coefficient (Wildman–Crippen LogP) is -0.344. The van der Waals surface area contributed by atoms with Crippen molar-refractivity contribution in [2.75, 3.05) is 5.75 Å². The fourth-order valence-electron chi connectivity index (χ4n) is 0.774. The van der Waals surface area contributed by atoms with Gasteiger partial charge in [-0.05, 0) is 12.8 Å². The van der Waals surface area contributed by atoms with Crippen molar-refractivity contribution in [1.82, 2.24) is 0 Å². The number of aliphatic carboxylic acids is 1. The molecule has 0 spiro atoms. The molecular weight excluding hydrogens is 212 g/mol. The Morgan fingerprint density at radius 2 is 1.93 bits per heavy atom. The molecule has 0 heterocycles. The molecule has 1 unspecified atom stereocenters. The van der Waals surface area contributed by atoms with Gasteiger partial charge in [-0.15, -0.1) is 0 Å². The standard InChI is InChI=1S/C7H12O6S/c1-5(7(9)10)2-3-6(8)4-14(11,12)13/h6,8H,1-4H2,(H,9,10)(H,11,12,13). The minimum atomic E-state index is -4.22. The highest BCUT2D eigenvalue weighted by atomic mass is 32.2. The van der Waals surface area contributed by atoms with E-state index in [0.717, 1.165) is 0 Å². The van der Waals surface area contributed by atoms with E-state index in [1.54, 1.807) is 0 Å². The first-order valence-electron chi connectivity index (χ1n) is 3.76. The van der Waals surface area contributed by atoms with Gasteiger partial charge < -0.3 is 10.2 Å². The Balaban J connectivity index is 3.92. The largest absolute Gasteiger partial charge is 0.478 e. The van der Waals surface area contributed by atoms with E-state index < -0.39 is 27.9 Å². The number of hydrogen-bond acceptors (Lipinski definition) is 4. The fraction of sp³-hybridized carbons (Fsp3) is 0.571. The van der Waals surface area contributed by atoms with Gasteiger partial charge in [-0.25, -0.2) is 4.79 Å². The third-order valence-corrected chi connectivity index (χ3v) is 2.29. The van der Waals surface area contributed by atoms with Gasteiger partial charge in [-0.1, -0.05) is 6.58 Å². The minimum Gasteiger partial charge on any atom is -0.478 e. The summed E-state index contributed by atoms with van der Waals surface area (Å²) in [7, 11) is -4.22. The van der Waals surface area contributed by atoms with Crippen molar-refractivity contribution in [3.63, 3.8) is 0 Å². The Hall–Kier alpha value is -0.920. The quantitative estimate of drug-likeness (QED) is 0.420. The van der Waals surface area contributed by atoms with E-state index in [0.29, 0.717) is 0 Å². The first-order valence-corrected chi connectivity index (χ1v) is 5.37. The summed E-state index contributed by atoms with van der Waals surface area (Å²) >= 11 is 0. The number of hydrogen-bond donors (Lipinski definition) is 3. The zero-order chi connectivity index (χ0) is 11.4. The van der Waals surface area contributed by atoms with Crippen LogP contribution in [0, 0.1) is 0 Å². The Kier molecular flexibility index (Phi) is 4.75. The molecule has 0 bridgehead atoms. The summed E-state index contributed by atoms with van der Waals surface area (Å²) in [6, 6.07) is 0. The number of carboxylic acids is 1. The first-order chi connectivity index (χ1) is 6.22. The lowest BCUT2D eigenvalue weighted by Gasteiger charge is -2.07. The summed E-state index contributed by atoms with van der Waals surface area (Å²) < 4.78 is 28.9. The lowest BCUT2D eigenvalue weighted by molar-refractivity contribution is -0.132. The molecule has 0 radical (unpaired) electrons. The summed E-state index contributed by atoms with van der Waals surface area (Å²) in [4.78, 5) is 10.2. The minimum absolute atomic E-state index is 0.0218. The van der Waals surface area contributed by atoms with E-state index in [9.17, 15) is 13.2 Å². The van der Waals surface area contributed by atoms with Crippen LogP contribution in [0.2, 0.25) is 0 Å². The molecule has 0 saturated heterocycles. The van der Waals surface area contributed by atoms with Crippen LogP contribution < -0.4 is 0 Å². The number of aliphatic hydroxyl groups excluding tert-OH is 1. The molecule has 0 rings (SSSR count). The normalized spacial score (nSPS) is 13.6. The summed E-state index contributed by atoms with van der Waals surface area (Å²) in [6.07, 6.45) is -1.36. The zero-order valence-corrected chi connectivity index (χ0v) is 8.20. The fourth-order valence-corrected chi connectivity index (χ4v) is 1.43. The molecule has 0 aromatic rings. The van der Waals surface area contributed by atoms with Crippen LogP contribution in [-0.2, 0) is 14.9 Å². The number of aliphatic hydroxyl groups is 1. The summed E-state index contributed by atoms with van der Waals surface area (Å²) in [6.45, 7) is 3.20. The average Bonchev–Trinajstić information content (AvgIpc) is 1.96. The highest BCUT2D eigenvalue weighted by Gasteiger charge is 2.15. The maximum atomic E-state index is 10.3. The van der Waals surface area contributed by atoms with E-state index in [-0.39, 0.29) is 18.4 Å². The molecule has 3 N–H and O–H groups in total. The molecule has 0 aliphatic carbocycles. The van der Waals surface area contributed by atoms with Gasteiger partial charge in [0.25, 0.3) is 10.1 Å². The molecule has 0 aliphatic heterocycles. The Morgan fingerprint density at radius 1 is 1.43 bits per heavy atom. The lowest BCUT2D eigenvalue weighted by atomic mass is 10.1. The number of carboxylic acid groups (broad SMARTS) is 1. The van der Waals surface area contributed by atoms with Crippen LogP contribution in [0.25, 0.3) is 0 Å². The maximum absolute atomic E-state index is 10.3. The summed E-state index contributed by atoms with van der Waals surface area (Å²) in [5.74, 6) is -1.98. The molecule has 0 aromatic heterocycles. The van der Waals surface area contributed by atoms with E-state index in [1.165, 1.54) is 0 Å². The molecule has 82 valence electrons. The Bertz CT molecular complexity index is 317. The SMILES string of the molecule is C=C(CCC(O)CS(=O)(=O)O)C(=O)O. The molecule has 0 saturated carbocycles. The van der Waals surface area contributed by atoms with Crippen molar-refractivity contribution >= 4 is 16.1 Å². The molecule has 0 amide bonds. The molecular formula is C7H12O6S. The van der Waals surface area contributed by atoms with E-state index in [2.05, 4.69) is 6.58 Å². The molecule has 14 heavy (non-hydrogen) atoms. The van der Waals surface area contributed by atoms with Crippen molar-refractivity contribution < 1.29 is 28.0 Å². The summed E-state index contributed by atoms with van der Waals surface area (Å²) in [5, 5.41) is 17.4. The van der Waals surface area contributed by atoms with Crippen LogP contribution in [0.4, 0.5) is 0 Å². The zero-order valence-electron chi connectivity index (χ0n) is 7.38. The van der Waals surface area contributed by atoms with Crippen LogP contribution in [0.1, 0.15) is 12.8 Å². The second-order valence-electron chi connectivity index (χ2n) is 2.85. The van der Waals surface area contributed by atoms with Crippen molar-refractivity contribution in [1.29, 1.82) is 0 Å². The molecule has 0 aliphatic rings. The topological polar surface area (TPSA) is 112 Å². The van der Waals surface area contributed by atoms with Crippen molar-refractivity contribution in [3.8, 4) is 0 Å². The second-order valence-corrected chi connectivity index (χ2v) is 4.35. The van der Waals surface area contributed by atoms with Gasteiger partial charge in [0.05, 0.1) is 6.10 Å². The third kappa shape index (κ3) is 6.58. The van der Waals surface area contributed by atoms with Crippen LogP contribution in [0.5, 0.6) is 0 Å². The van der Waals surface area contributed by atoms with Crippen molar-refractivity contribution in [2.24, 2.45) is 0 Å². The number of carbonyl (C=O) groups is 1. The average molecular weight is 224 g/mol. The number of rotatable bonds is 6. The van der Waals surface area contributed by atoms with E-state index in [1.807, 2.05) is 0 Å². The van der Waals surface area contributed by atoms with Gasteiger partial charge in [0.1, 0.15) is 5.75 Å². The highest BCUT2D eigenvalue weighted by Crippen LogP contribution is 2.07. The lowest BCUT2D eigenvalue weighted by Crippen LogP contribution is -2.20. The van der Waals surface area contributed by atoms with Crippen molar-refractivity contribution in [2.45, 2.75) is 18.9 Å². The molecule has 7 heteroatoms. The van der Waals surface area contributed by atoms with E-state index >= 15 is 0 Å². The van der Waals surface area contributed by atoms with Crippen LogP contribution in [-0.4, -0.2) is 41.0 Å². The van der Waals surface area contributed by atoms with Crippen molar-refractivity contribution in [3.05, 3.63) is 12.2 Å². The van der Waals surface area contributed by atoms with Crippen LogP contribution in [0.15, 0.2) is 12.2 Å². The van der Waals surface area contributed by atoms with Gasteiger partial charge in [-0.2, -0.15) is 8.42 Å². The van der Waals surface area contributed by atoms with Gasteiger partial charge in [0.15, 0.2) is 0 Å². The third-order valence-electron chi connectivity index (χ3n) is 1.48. The highest BCUT2D eigenvalue weighted by molar-refractivity contribution is 7.85. The van der Waals surface area contributed by atoms with Crippen LogP contribution >= 0.6 is 0 Å². The van der Waals surface area contributed by atoms with Gasteiger partial charge in [0, 0.05) is 5.57 Å². The molecule has 6 nitrogen and oxygen atoms in total. The predicted molar refractivity (Wildman–Crippen MR) is 48.4 cm³/mol. The van der Waals surface area contributed by atoms with Gasteiger partial charge >= 0.3 is 5.97 Å². The first kappa shape index (κ1) is 13.1. The van der Waals surface area contributed by atoms with Gasteiger partial charge in [-0.3, -0.25) is 4.55 Å². The monoisotopic (exact) mass is 224 g/mol. The van der Waals surface area contributed by atoms with E-state index in [4.69, 9.17) is 14.8 Å². The van der Waals surface area contributed by atoms with Gasteiger partial charge in [0.2, 0.25) is 0 Å². The molecule has 1 atom stereocenters. The molecule has 0 fully saturated rings. The Labute approximate surface area is 81.6 Å². The maximum Gasteiger partial charge on any atom is 0.330 e. The second kappa shape index (κ2) is 5.08. The summed E-state index contributed by atoms with van der Waals surface area (Å²) in [5.41, 5.74) is -0.112.